The van der Waals surface area contributed by atoms with Crippen LogP contribution in [0.2, 0.25) is 5.02 Å². The highest BCUT2D eigenvalue weighted by atomic mass is 35.5. The summed E-state index contributed by atoms with van der Waals surface area (Å²) in [5.74, 6) is -0.146. The van der Waals surface area contributed by atoms with Crippen LogP contribution in [-0.4, -0.2) is 12.1 Å². The first-order valence-electron chi connectivity index (χ1n) is 3.34. The third-order valence-corrected chi connectivity index (χ3v) is 1.83. The van der Waals surface area contributed by atoms with Crippen molar-refractivity contribution in [3.05, 3.63) is 16.8 Å². The van der Waals surface area contributed by atoms with Gasteiger partial charge in [0.1, 0.15) is 10.8 Å². The van der Waals surface area contributed by atoms with Crippen molar-refractivity contribution < 1.29 is 13.5 Å². The van der Waals surface area contributed by atoms with Crippen molar-refractivity contribution in [3.8, 4) is 5.75 Å². The van der Waals surface area contributed by atoms with Crippen molar-refractivity contribution in [2.75, 3.05) is 12.8 Å². The van der Waals surface area contributed by atoms with Crippen LogP contribution in [0.5, 0.6) is 5.75 Å². The van der Waals surface area contributed by atoms with E-state index in [1.54, 1.807) is 0 Å². The summed E-state index contributed by atoms with van der Waals surface area (Å²) in [7, 11) is 1.24. The molecule has 0 aliphatic carbocycles. The summed E-state index contributed by atoms with van der Waals surface area (Å²) in [5.41, 5.74) is 4.94. The van der Waals surface area contributed by atoms with Gasteiger partial charge in [0.05, 0.1) is 12.7 Å². The number of nitrogen functional groups attached to an aromatic ring is 1. The van der Waals surface area contributed by atoms with E-state index in [2.05, 4.69) is 9.72 Å². The summed E-state index contributed by atoms with van der Waals surface area (Å²) in [6.45, 7) is 0. The van der Waals surface area contributed by atoms with Gasteiger partial charge < -0.3 is 10.5 Å². The van der Waals surface area contributed by atoms with Gasteiger partial charge in [0.15, 0.2) is 5.75 Å². The predicted octanol–water partition coefficient (Wildman–Crippen LogP) is 2.26. The fourth-order valence-corrected chi connectivity index (χ4v) is 1.10. The molecule has 0 saturated carbocycles. The van der Waals surface area contributed by atoms with E-state index in [1.807, 2.05) is 0 Å². The number of aromatic nitrogens is 1. The quantitative estimate of drug-likeness (QED) is 0.811. The van der Waals surface area contributed by atoms with E-state index in [9.17, 15) is 8.78 Å². The molecule has 1 heterocycles. The van der Waals surface area contributed by atoms with Crippen LogP contribution in [0.3, 0.4) is 0 Å². The van der Waals surface area contributed by atoms with E-state index in [1.165, 1.54) is 7.11 Å². The Labute approximate surface area is 78.5 Å². The molecule has 72 valence electrons. The van der Waals surface area contributed by atoms with Gasteiger partial charge >= 0.3 is 0 Å². The number of nitrogens with zero attached hydrogens (tertiary/aromatic N) is 1. The average molecular weight is 209 g/mol. The van der Waals surface area contributed by atoms with Crippen molar-refractivity contribution in [2.24, 2.45) is 0 Å². The molecule has 0 radical (unpaired) electrons. The Morgan fingerprint density at radius 3 is 2.69 bits per heavy atom. The summed E-state index contributed by atoms with van der Waals surface area (Å²) >= 11 is 5.60. The normalized spacial score (nSPS) is 10.5. The zero-order chi connectivity index (χ0) is 10.0. The highest BCUT2D eigenvalue weighted by molar-refractivity contribution is 6.34. The zero-order valence-electron chi connectivity index (χ0n) is 6.72. The molecule has 0 atom stereocenters. The van der Waals surface area contributed by atoms with Crippen molar-refractivity contribution in [1.82, 2.24) is 4.98 Å². The molecule has 0 aliphatic heterocycles. The monoisotopic (exact) mass is 208 g/mol. The molecule has 1 aromatic rings. The van der Waals surface area contributed by atoms with Gasteiger partial charge in [0.2, 0.25) is 0 Å². The lowest BCUT2D eigenvalue weighted by Crippen LogP contribution is -1.99. The van der Waals surface area contributed by atoms with Gasteiger partial charge in [-0.3, -0.25) is 0 Å². The van der Waals surface area contributed by atoms with E-state index in [4.69, 9.17) is 17.3 Å². The first kappa shape index (κ1) is 9.98. The van der Waals surface area contributed by atoms with Gasteiger partial charge in [0, 0.05) is 6.20 Å². The number of nitrogens with two attached hydrogens (primary N) is 1. The van der Waals surface area contributed by atoms with Gasteiger partial charge in [0.25, 0.3) is 6.43 Å². The van der Waals surface area contributed by atoms with Crippen molar-refractivity contribution in [2.45, 2.75) is 6.43 Å². The number of anilines is 1. The van der Waals surface area contributed by atoms with E-state index in [-0.39, 0.29) is 22.2 Å². The van der Waals surface area contributed by atoms with Crippen molar-refractivity contribution in [3.63, 3.8) is 0 Å². The number of halogens is 3. The molecule has 0 saturated heterocycles. The largest absolute Gasteiger partial charge is 0.494 e. The third kappa shape index (κ3) is 1.80. The number of hydrogen-bond acceptors (Lipinski definition) is 3. The average Bonchev–Trinajstić information content (AvgIpc) is 2.09. The minimum absolute atomic E-state index is 0.0251. The van der Waals surface area contributed by atoms with Crippen LogP contribution in [0.1, 0.15) is 12.0 Å². The number of methoxy groups -OCH3 is 1. The molecule has 13 heavy (non-hydrogen) atoms. The van der Waals surface area contributed by atoms with Crippen LogP contribution in [0, 0.1) is 0 Å². The first-order valence-corrected chi connectivity index (χ1v) is 3.71. The molecule has 0 amide bonds. The standard InChI is InChI=1S/C7H7ClF2N2O/c1-13-5-3(6(9)10)2-12-7(11)4(5)8/h2,6H,1H3,(H2,11,12). The van der Waals surface area contributed by atoms with Gasteiger partial charge in [-0.1, -0.05) is 11.6 Å². The van der Waals surface area contributed by atoms with Crippen molar-refractivity contribution in [1.29, 1.82) is 0 Å². The summed E-state index contributed by atoms with van der Waals surface area (Å²) < 4.78 is 29.3. The lowest BCUT2D eigenvalue weighted by atomic mass is 10.2. The second kappa shape index (κ2) is 3.74. The predicted molar refractivity (Wildman–Crippen MR) is 45.2 cm³/mol. The number of rotatable bonds is 2. The van der Waals surface area contributed by atoms with Gasteiger partial charge in [-0.05, 0) is 0 Å². The Morgan fingerprint density at radius 2 is 2.23 bits per heavy atom. The second-order valence-corrected chi connectivity index (χ2v) is 2.62. The SMILES string of the molecule is COc1c(C(F)F)cnc(N)c1Cl. The minimum Gasteiger partial charge on any atom is -0.494 e. The number of alkyl halides is 2. The number of pyridine rings is 1. The fourth-order valence-electron chi connectivity index (χ4n) is 0.860. The lowest BCUT2D eigenvalue weighted by Gasteiger charge is -2.09. The molecule has 0 aromatic carbocycles. The van der Waals surface area contributed by atoms with Crippen LogP contribution in [0.25, 0.3) is 0 Å². The van der Waals surface area contributed by atoms with E-state index < -0.39 is 6.43 Å². The molecule has 0 aliphatic rings. The molecule has 0 unspecified atom stereocenters. The summed E-state index contributed by atoms with van der Waals surface area (Å²) in [5, 5.41) is -0.0831. The molecule has 3 nitrogen and oxygen atoms in total. The number of ether oxygens (including phenoxy) is 1. The summed E-state index contributed by atoms with van der Waals surface area (Å²) in [6, 6.07) is 0. The highest BCUT2D eigenvalue weighted by Gasteiger charge is 2.18. The molecule has 1 aromatic heterocycles. The minimum atomic E-state index is -2.68. The first-order chi connectivity index (χ1) is 6.07. The fraction of sp³-hybridized carbons (Fsp3) is 0.286. The zero-order valence-corrected chi connectivity index (χ0v) is 7.48. The molecule has 0 spiro atoms. The molecule has 0 fully saturated rings. The van der Waals surface area contributed by atoms with Gasteiger partial charge in [-0.25, -0.2) is 13.8 Å². The smallest absolute Gasteiger partial charge is 0.268 e. The Bertz CT molecular complexity index is 320. The maximum atomic E-state index is 12.3. The Morgan fingerprint density at radius 1 is 1.62 bits per heavy atom. The summed E-state index contributed by atoms with van der Waals surface area (Å²) in [6.07, 6.45) is -1.73. The van der Waals surface area contributed by atoms with E-state index in [0.717, 1.165) is 6.20 Å². The highest BCUT2D eigenvalue weighted by Crippen LogP contribution is 2.36. The van der Waals surface area contributed by atoms with Crippen LogP contribution in [0.4, 0.5) is 14.6 Å². The van der Waals surface area contributed by atoms with Crippen molar-refractivity contribution >= 4 is 17.4 Å². The molecular weight excluding hydrogens is 202 g/mol. The van der Waals surface area contributed by atoms with Crippen LogP contribution >= 0.6 is 11.6 Å². The van der Waals surface area contributed by atoms with E-state index in [0.29, 0.717) is 0 Å². The van der Waals surface area contributed by atoms with E-state index >= 15 is 0 Å². The molecule has 2 N–H and O–H groups in total. The Kier molecular flexibility index (Phi) is 2.87. The maximum absolute atomic E-state index is 12.3. The van der Waals surface area contributed by atoms with Gasteiger partial charge in [-0.2, -0.15) is 0 Å². The molecule has 1 rings (SSSR count). The third-order valence-electron chi connectivity index (χ3n) is 1.47. The Hall–Kier alpha value is -1.10. The lowest BCUT2D eigenvalue weighted by molar-refractivity contribution is 0.146. The van der Waals surface area contributed by atoms with Crippen LogP contribution < -0.4 is 10.5 Å². The van der Waals surface area contributed by atoms with Gasteiger partial charge in [-0.15, -0.1) is 0 Å². The number of hydrogen-bond donors (Lipinski definition) is 1. The molecular formula is C7H7ClF2N2O. The Balaban J connectivity index is 3.30. The molecule has 0 bridgehead atoms. The molecule has 6 heteroatoms. The summed E-state index contributed by atoms with van der Waals surface area (Å²) in [4.78, 5) is 3.49. The van der Waals surface area contributed by atoms with Crippen LogP contribution in [-0.2, 0) is 0 Å². The topological polar surface area (TPSA) is 48.1 Å². The maximum Gasteiger partial charge on any atom is 0.268 e. The van der Waals surface area contributed by atoms with Crippen LogP contribution in [0.15, 0.2) is 6.20 Å². The second-order valence-electron chi connectivity index (χ2n) is 2.25.